The molecule has 0 aliphatic heterocycles. The summed E-state index contributed by atoms with van der Waals surface area (Å²) in [5, 5.41) is 9.61. The average molecular weight is 292 g/mol. The maximum Gasteiger partial charge on any atom is 0.141 e. The Morgan fingerprint density at radius 3 is 2.88 bits per heavy atom. The van der Waals surface area contributed by atoms with Crippen LogP contribution in [0.3, 0.4) is 0 Å². The number of rotatable bonds is 2. The van der Waals surface area contributed by atoms with Crippen LogP contribution >= 0.6 is 27.7 Å². The number of nitriles is 1. The van der Waals surface area contributed by atoms with Crippen molar-refractivity contribution in [2.24, 2.45) is 0 Å². The van der Waals surface area contributed by atoms with Crippen LogP contribution in [0.25, 0.3) is 0 Å². The van der Waals surface area contributed by atoms with Gasteiger partial charge in [0.05, 0.1) is 4.47 Å². The Bertz CT molecular complexity index is 551. The third-order valence-electron chi connectivity index (χ3n) is 1.79. The minimum atomic E-state index is 0.414. The molecule has 2 heterocycles. The second-order valence-corrected chi connectivity index (χ2v) is 4.80. The molecule has 3 nitrogen and oxygen atoms in total. The van der Waals surface area contributed by atoms with E-state index in [0.717, 1.165) is 14.4 Å². The van der Waals surface area contributed by atoms with E-state index in [9.17, 15) is 0 Å². The third-order valence-corrected chi connectivity index (χ3v) is 3.70. The van der Waals surface area contributed by atoms with Crippen molar-refractivity contribution in [1.29, 1.82) is 5.26 Å². The number of aromatic nitrogens is 2. The van der Waals surface area contributed by atoms with E-state index in [1.54, 1.807) is 18.5 Å². The highest BCUT2D eigenvalue weighted by atomic mass is 79.9. The van der Waals surface area contributed by atoms with Gasteiger partial charge in [-0.05, 0) is 40.2 Å². The zero-order valence-corrected chi connectivity index (χ0v) is 10.5. The van der Waals surface area contributed by atoms with E-state index in [2.05, 4.69) is 25.9 Å². The highest BCUT2D eigenvalue weighted by Gasteiger charge is 2.03. The second kappa shape index (κ2) is 5.10. The van der Waals surface area contributed by atoms with E-state index in [1.807, 2.05) is 24.3 Å². The van der Waals surface area contributed by atoms with Crippen molar-refractivity contribution in [3.8, 4) is 6.07 Å². The molecular weight excluding hydrogens is 286 g/mol. The molecule has 0 unspecified atom stereocenters. The van der Waals surface area contributed by atoms with E-state index in [-0.39, 0.29) is 0 Å². The summed E-state index contributed by atoms with van der Waals surface area (Å²) >= 11 is 4.92. The maximum absolute atomic E-state index is 8.74. The van der Waals surface area contributed by atoms with Crippen LogP contribution in [0.4, 0.5) is 0 Å². The van der Waals surface area contributed by atoms with Crippen LogP contribution in [-0.4, -0.2) is 9.97 Å². The molecule has 0 aromatic carbocycles. The van der Waals surface area contributed by atoms with Gasteiger partial charge in [0.2, 0.25) is 0 Å². The first kappa shape index (κ1) is 11.1. The first-order chi connectivity index (χ1) is 7.79. The van der Waals surface area contributed by atoms with Crippen molar-refractivity contribution in [3.05, 3.63) is 46.8 Å². The van der Waals surface area contributed by atoms with Crippen LogP contribution < -0.4 is 0 Å². The average Bonchev–Trinajstić information content (AvgIpc) is 2.32. The molecule has 16 heavy (non-hydrogen) atoms. The molecule has 2 aromatic heterocycles. The molecule has 2 rings (SSSR count). The van der Waals surface area contributed by atoms with Crippen LogP contribution in [0, 0.1) is 11.3 Å². The molecule has 0 amide bonds. The first-order valence-electron chi connectivity index (χ1n) is 4.44. The summed E-state index contributed by atoms with van der Waals surface area (Å²) in [6, 6.07) is 9.40. The molecule has 0 spiro atoms. The van der Waals surface area contributed by atoms with Gasteiger partial charge in [0.1, 0.15) is 16.8 Å². The zero-order valence-electron chi connectivity index (χ0n) is 8.09. The molecule has 0 aliphatic carbocycles. The number of pyridine rings is 2. The van der Waals surface area contributed by atoms with Gasteiger partial charge in [-0.1, -0.05) is 11.8 Å². The van der Waals surface area contributed by atoms with Crippen molar-refractivity contribution >= 4 is 27.7 Å². The fourth-order valence-corrected chi connectivity index (χ4v) is 2.39. The zero-order chi connectivity index (χ0) is 11.4. The SMILES string of the molecule is N#Cc1cc(Sc2ncccc2Br)ccn1. The van der Waals surface area contributed by atoms with Crippen molar-refractivity contribution in [2.75, 3.05) is 0 Å². The van der Waals surface area contributed by atoms with Crippen LogP contribution in [0.5, 0.6) is 0 Å². The van der Waals surface area contributed by atoms with Crippen LogP contribution in [0.1, 0.15) is 5.69 Å². The lowest BCUT2D eigenvalue weighted by Gasteiger charge is -2.02. The van der Waals surface area contributed by atoms with Gasteiger partial charge in [0.15, 0.2) is 0 Å². The molecule has 0 bridgehead atoms. The van der Waals surface area contributed by atoms with Crippen molar-refractivity contribution in [3.63, 3.8) is 0 Å². The highest BCUT2D eigenvalue weighted by Crippen LogP contribution is 2.31. The fraction of sp³-hybridized carbons (Fsp3) is 0. The fourth-order valence-electron chi connectivity index (χ4n) is 1.09. The maximum atomic E-state index is 8.74. The Hall–Kier alpha value is -1.38. The molecule has 78 valence electrons. The highest BCUT2D eigenvalue weighted by molar-refractivity contribution is 9.10. The largest absolute Gasteiger partial charge is 0.248 e. The number of hydrogen-bond acceptors (Lipinski definition) is 4. The van der Waals surface area contributed by atoms with Gasteiger partial charge in [-0.3, -0.25) is 0 Å². The summed E-state index contributed by atoms with van der Waals surface area (Å²) in [4.78, 5) is 9.11. The predicted molar refractivity (Wildman–Crippen MR) is 65.0 cm³/mol. The van der Waals surface area contributed by atoms with Crippen molar-refractivity contribution in [1.82, 2.24) is 9.97 Å². The van der Waals surface area contributed by atoms with Gasteiger partial charge in [-0.15, -0.1) is 0 Å². The molecule has 0 saturated carbocycles. The van der Waals surface area contributed by atoms with E-state index in [4.69, 9.17) is 5.26 Å². The topological polar surface area (TPSA) is 49.6 Å². The lowest BCUT2D eigenvalue weighted by molar-refractivity contribution is 1.10. The summed E-state index contributed by atoms with van der Waals surface area (Å²) < 4.78 is 0.940. The van der Waals surface area contributed by atoms with E-state index < -0.39 is 0 Å². The molecule has 0 fully saturated rings. The Labute approximate surface area is 106 Å². The Kier molecular flexibility index (Phi) is 3.54. The minimum Gasteiger partial charge on any atom is -0.248 e. The van der Waals surface area contributed by atoms with Gasteiger partial charge in [0.25, 0.3) is 0 Å². The van der Waals surface area contributed by atoms with Crippen molar-refractivity contribution < 1.29 is 0 Å². The molecule has 5 heteroatoms. The van der Waals surface area contributed by atoms with Gasteiger partial charge < -0.3 is 0 Å². The minimum absolute atomic E-state index is 0.414. The van der Waals surface area contributed by atoms with Crippen molar-refractivity contribution in [2.45, 2.75) is 9.92 Å². The Morgan fingerprint density at radius 2 is 2.12 bits per heavy atom. The van der Waals surface area contributed by atoms with Gasteiger partial charge in [-0.2, -0.15) is 5.26 Å². The van der Waals surface area contributed by atoms with Gasteiger partial charge >= 0.3 is 0 Å². The summed E-state index contributed by atoms with van der Waals surface area (Å²) in [5.74, 6) is 0. The van der Waals surface area contributed by atoms with Crippen LogP contribution in [0.15, 0.2) is 51.1 Å². The van der Waals surface area contributed by atoms with E-state index >= 15 is 0 Å². The summed E-state index contributed by atoms with van der Waals surface area (Å²) in [6.45, 7) is 0. The molecule has 2 aromatic rings. The first-order valence-corrected chi connectivity index (χ1v) is 6.05. The predicted octanol–water partition coefficient (Wildman–Crippen LogP) is 3.26. The normalized spacial score (nSPS) is 9.75. The van der Waals surface area contributed by atoms with E-state index in [0.29, 0.717) is 5.69 Å². The molecular formula is C11H6BrN3S. The smallest absolute Gasteiger partial charge is 0.141 e. The van der Waals surface area contributed by atoms with Crippen LogP contribution in [0.2, 0.25) is 0 Å². The number of halogens is 1. The van der Waals surface area contributed by atoms with Gasteiger partial charge in [-0.25, -0.2) is 9.97 Å². The number of nitrogens with zero attached hydrogens (tertiary/aromatic N) is 3. The number of hydrogen-bond donors (Lipinski definition) is 0. The molecule has 0 saturated heterocycles. The van der Waals surface area contributed by atoms with E-state index in [1.165, 1.54) is 11.8 Å². The Morgan fingerprint density at radius 1 is 1.25 bits per heavy atom. The van der Waals surface area contributed by atoms with Gasteiger partial charge in [0, 0.05) is 17.3 Å². The van der Waals surface area contributed by atoms with Crippen LogP contribution in [-0.2, 0) is 0 Å². The third kappa shape index (κ3) is 2.60. The molecule has 0 N–H and O–H groups in total. The Balaban J connectivity index is 2.28. The summed E-state index contributed by atoms with van der Waals surface area (Å²) in [7, 11) is 0. The lowest BCUT2D eigenvalue weighted by atomic mass is 10.4. The molecule has 0 atom stereocenters. The molecule has 0 aliphatic rings. The quantitative estimate of drug-likeness (QED) is 0.852. The lowest BCUT2D eigenvalue weighted by Crippen LogP contribution is -1.84. The summed E-state index contributed by atoms with van der Waals surface area (Å²) in [5.41, 5.74) is 0.414. The standard InChI is InChI=1S/C11H6BrN3S/c12-10-2-1-4-15-11(10)16-9-3-5-14-8(6-9)7-13/h1-6H. The second-order valence-electron chi connectivity index (χ2n) is 2.88. The summed E-state index contributed by atoms with van der Waals surface area (Å²) in [6.07, 6.45) is 3.36. The molecule has 0 radical (unpaired) electrons. The monoisotopic (exact) mass is 291 g/mol.